The summed E-state index contributed by atoms with van der Waals surface area (Å²) < 4.78 is 27.5. The lowest BCUT2D eigenvalue weighted by Crippen LogP contribution is -2.24. The van der Waals surface area contributed by atoms with Crippen LogP contribution in [0.4, 0.5) is 8.78 Å². The standard InChI is InChI=1S/C15H14BrF2N/c16-14-6-5-11(12-3-1-2-4-13(12)14)9-19-8-7-15(17,18)10-19/h1-6H,7-10H2. The predicted molar refractivity (Wildman–Crippen MR) is 76.5 cm³/mol. The van der Waals surface area contributed by atoms with Crippen molar-refractivity contribution in [2.45, 2.75) is 18.9 Å². The maximum Gasteiger partial charge on any atom is 0.261 e. The number of likely N-dealkylation sites (tertiary alicyclic amines) is 1. The van der Waals surface area contributed by atoms with Crippen molar-refractivity contribution in [3.8, 4) is 0 Å². The monoisotopic (exact) mass is 325 g/mol. The number of benzene rings is 2. The van der Waals surface area contributed by atoms with E-state index in [0.717, 1.165) is 20.8 Å². The van der Waals surface area contributed by atoms with Crippen LogP contribution in [0.2, 0.25) is 0 Å². The molecule has 0 aliphatic carbocycles. The first-order valence-electron chi connectivity index (χ1n) is 6.31. The highest BCUT2D eigenvalue weighted by Gasteiger charge is 2.37. The first-order valence-corrected chi connectivity index (χ1v) is 7.11. The third-order valence-corrected chi connectivity index (χ3v) is 4.30. The molecule has 0 saturated carbocycles. The molecular weight excluding hydrogens is 312 g/mol. The van der Waals surface area contributed by atoms with Gasteiger partial charge in [0.25, 0.3) is 5.92 Å². The lowest BCUT2D eigenvalue weighted by atomic mass is 10.0. The number of hydrogen-bond acceptors (Lipinski definition) is 1. The first kappa shape index (κ1) is 13.0. The molecule has 2 aromatic carbocycles. The molecule has 0 atom stereocenters. The van der Waals surface area contributed by atoms with Crippen molar-refractivity contribution in [1.82, 2.24) is 4.90 Å². The Morgan fingerprint density at radius 3 is 2.53 bits per heavy atom. The van der Waals surface area contributed by atoms with Crippen LogP contribution >= 0.6 is 15.9 Å². The molecule has 1 fully saturated rings. The van der Waals surface area contributed by atoms with Gasteiger partial charge >= 0.3 is 0 Å². The van der Waals surface area contributed by atoms with Crippen molar-refractivity contribution < 1.29 is 8.78 Å². The Morgan fingerprint density at radius 2 is 1.84 bits per heavy atom. The molecule has 1 heterocycles. The largest absolute Gasteiger partial charge is 0.293 e. The van der Waals surface area contributed by atoms with Crippen molar-refractivity contribution in [3.63, 3.8) is 0 Å². The lowest BCUT2D eigenvalue weighted by molar-refractivity contribution is 0.0115. The fourth-order valence-electron chi connectivity index (χ4n) is 2.65. The molecule has 0 spiro atoms. The molecule has 1 aliphatic heterocycles. The van der Waals surface area contributed by atoms with Crippen LogP contribution in [0.3, 0.4) is 0 Å². The minimum absolute atomic E-state index is 0.0263. The molecule has 0 radical (unpaired) electrons. The van der Waals surface area contributed by atoms with Gasteiger partial charge in [0.2, 0.25) is 0 Å². The number of halogens is 3. The highest BCUT2D eigenvalue weighted by atomic mass is 79.9. The number of rotatable bonds is 2. The SMILES string of the molecule is FC1(F)CCN(Cc2ccc(Br)c3ccccc23)C1. The Bertz CT molecular complexity index is 612. The fraction of sp³-hybridized carbons (Fsp3) is 0.333. The normalized spacial score (nSPS) is 19.1. The zero-order chi connectivity index (χ0) is 13.5. The van der Waals surface area contributed by atoms with Crippen molar-refractivity contribution in [1.29, 1.82) is 0 Å². The first-order chi connectivity index (χ1) is 9.05. The molecule has 0 bridgehead atoms. The summed E-state index contributed by atoms with van der Waals surface area (Å²) in [7, 11) is 0. The minimum atomic E-state index is -2.52. The molecule has 0 N–H and O–H groups in total. The van der Waals surface area contributed by atoms with Crippen LogP contribution in [0.25, 0.3) is 10.8 Å². The molecule has 3 rings (SSSR count). The molecule has 19 heavy (non-hydrogen) atoms. The molecular formula is C15H14BrF2N. The Kier molecular flexibility index (Phi) is 3.31. The molecule has 100 valence electrons. The van der Waals surface area contributed by atoms with E-state index in [1.54, 1.807) is 0 Å². The van der Waals surface area contributed by atoms with E-state index in [1.165, 1.54) is 0 Å². The average molecular weight is 326 g/mol. The molecule has 4 heteroatoms. The van der Waals surface area contributed by atoms with Gasteiger partial charge in [-0.05, 0) is 22.4 Å². The Hall–Kier alpha value is -1.00. The van der Waals surface area contributed by atoms with Crippen molar-refractivity contribution in [2.75, 3.05) is 13.1 Å². The maximum absolute atomic E-state index is 13.2. The summed E-state index contributed by atoms with van der Waals surface area (Å²) in [5.74, 6) is -2.52. The third-order valence-electron chi connectivity index (χ3n) is 3.60. The van der Waals surface area contributed by atoms with E-state index < -0.39 is 5.92 Å². The van der Waals surface area contributed by atoms with E-state index >= 15 is 0 Å². The topological polar surface area (TPSA) is 3.24 Å². The van der Waals surface area contributed by atoms with Crippen LogP contribution in [0.15, 0.2) is 40.9 Å². The number of hydrogen-bond donors (Lipinski definition) is 0. The maximum atomic E-state index is 13.2. The summed E-state index contributed by atoms with van der Waals surface area (Å²) in [4.78, 5) is 1.83. The summed E-state index contributed by atoms with van der Waals surface area (Å²) in [5.41, 5.74) is 1.11. The second-order valence-corrected chi connectivity index (χ2v) is 5.92. The fourth-order valence-corrected chi connectivity index (χ4v) is 3.12. The molecule has 0 amide bonds. The lowest BCUT2D eigenvalue weighted by Gasteiger charge is -2.17. The van der Waals surface area contributed by atoms with Gasteiger partial charge < -0.3 is 0 Å². The van der Waals surface area contributed by atoms with Gasteiger partial charge in [0.05, 0.1) is 6.54 Å². The van der Waals surface area contributed by atoms with Crippen molar-refractivity contribution in [3.05, 3.63) is 46.4 Å². The number of nitrogens with zero attached hydrogens (tertiary/aromatic N) is 1. The zero-order valence-electron chi connectivity index (χ0n) is 10.4. The summed E-state index contributed by atoms with van der Waals surface area (Å²) in [6, 6.07) is 12.1. The summed E-state index contributed by atoms with van der Waals surface area (Å²) >= 11 is 3.53. The van der Waals surface area contributed by atoms with E-state index in [4.69, 9.17) is 0 Å². The Labute approximate surface area is 119 Å². The van der Waals surface area contributed by atoms with Gasteiger partial charge in [-0.1, -0.05) is 46.3 Å². The van der Waals surface area contributed by atoms with Crippen LogP contribution in [0.5, 0.6) is 0 Å². The highest BCUT2D eigenvalue weighted by molar-refractivity contribution is 9.10. The van der Waals surface area contributed by atoms with Crippen LogP contribution in [0.1, 0.15) is 12.0 Å². The Balaban J connectivity index is 1.92. The van der Waals surface area contributed by atoms with E-state index in [9.17, 15) is 8.78 Å². The van der Waals surface area contributed by atoms with Gasteiger partial charge in [-0.3, -0.25) is 4.90 Å². The minimum Gasteiger partial charge on any atom is -0.293 e. The summed E-state index contributed by atoms with van der Waals surface area (Å²) in [6.45, 7) is 0.929. The molecule has 1 nitrogen and oxygen atoms in total. The molecule has 2 aromatic rings. The second kappa shape index (κ2) is 4.84. The van der Waals surface area contributed by atoms with Gasteiger partial charge in [-0.25, -0.2) is 8.78 Å². The van der Waals surface area contributed by atoms with Gasteiger partial charge in [-0.15, -0.1) is 0 Å². The average Bonchev–Trinajstić information content (AvgIpc) is 2.73. The summed E-state index contributed by atoms with van der Waals surface area (Å²) in [5, 5.41) is 2.26. The molecule has 1 aliphatic rings. The van der Waals surface area contributed by atoms with Crippen molar-refractivity contribution in [2.24, 2.45) is 0 Å². The molecule has 0 aromatic heterocycles. The second-order valence-electron chi connectivity index (χ2n) is 5.07. The summed E-state index contributed by atoms with van der Waals surface area (Å²) in [6.07, 6.45) is -0.0263. The zero-order valence-corrected chi connectivity index (χ0v) is 12.0. The van der Waals surface area contributed by atoms with Gasteiger partial charge in [0, 0.05) is 24.0 Å². The van der Waals surface area contributed by atoms with E-state index in [0.29, 0.717) is 13.1 Å². The van der Waals surface area contributed by atoms with Gasteiger partial charge in [-0.2, -0.15) is 0 Å². The number of fused-ring (bicyclic) bond motifs is 1. The van der Waals surface area contributed by atoms with E-state index in [-0.39, 0.29) is 13.0 Å². The predicted octanol–water partition coefficient (Wildman–Crippen LogP) is 4.44. The van der Waals surface area contributed by atoms with Crippen LogP contribution in [-0.4, -0.2) is 23.9 Å². The van der Waals surface area contributed by atoms with Crippen LogP contribution < -0.4 is 0 Å². The number of alkyl halides is 2. The van der Waals surface area contributed by atoms with E-state index in [1.807, 2.05) is 41.3 Å². The third kappa shape index (κ3) is 2.65. The molecule has 0 unspecified atom stereocenters. The Morgan fingerprint density at radius 1 is 1.11 bits per heavy atom. The van der Waals surface area contributed by atoms with Crippen LogP contribution in [-0.2, 0) is 6.54 Å². The van der Waals surface area contributed by atoms with Gasteiger partial charge in [0.15, 0.2) is 0 Å². The quantitative estimate of drug-likeness (QED) is 0.788. The van der Waals surface area contributed by atoms with Gasteiger partial charge in [0.1, 0.15) is 0 Å². The van der Waals surface area contributed by atoms with Crippen molar-refractivity contribution >= 4 is 26.7 Å². The smallest absolute Gasteiger partial charge is 0.261 e. The van der Waals surface area contributed by atoms with E-state index in [2.05, 4.69) is 15.9 Å². The molecule has 1 saturated heterocycles. The highest BCUT2D eigenvalue weighted by Crippen LogP contribution is 2.31. The van der Waals surface area contributed by atoms with Crippen LogP contribution in [0, 0.1) is 0 Å².